The van der Waals surface area contributed by atoms with Crippen molar-refractivity contribution in [3.63, 3.8) is 0 Å². The van der Waals surface area contributed by atoms with E-state index in [9.17, 15) is 14.9 Å². The highest BCUT2D eigenvalue weighted by atomic mass is 16.6. The smallest absolute Gasteiger partial charge is 0.278 e. The highest BCUT2D eigenvalue weighted by molar-refractivity contribution is 5.76. The van der Waals surface area contributed by atoms with Crippen LogP contribution in [0.5, 0.6) is 11.5 Å². The molecule has 8 heteroatoms. The van der Waals surface area contributed by atoms with Crippen molar-refractivity contribution in [3.8, 4) is 11.5 Å². The first-order valence-corrected chi connectivity index (χ1v) is 9.96. The first-order chi connectivity index (χ1) is 13.4. The van der Waals surface area contributed by atoms with E-state index in [1.54, 1.807) is 6.92 Å². The Morgan fingerprint density at radius 3 is 2.50 bits per heavy atom. The predicted molar refractivity (Wildman–Crippen MR) is 109 cm³/mol. The van der Waals surface area contributed by atoms with Crippen LogP contribution in [-0.2, 0) is 4.79 Å². The molecule has 1 aliphatic carbocycles. The molecule has 0 aromatic heterocycles. The minimum absolute atomic E-state index is 0.0192. The van der Waals surface area contributed by atoms with E-state index in [4.69, 9.17) is 15.2 Å². The number of amides is 1. The number of carbonyl (C=O) groups excluding carboxylic acids is 1. The lowest BCUT2D eigenvalue weighted by Crippen LogP contribution is -2.32. The summed E-state index contributed by atoms with van der Waals surface area (Å²) in [5.41, 5.74) is 6.09. The molecule has 0 heterocycles. The molecule has 3 N–H and O–H groups in total. The van der Waals surface area contributed by atoms with Gasteiger partial charge in [-0.3, -0.25) is 14.9 Å². The van der Waals surface area contributed by atoms with Crippen LogP contribution >= 0.6 is 0 Å². The van der Waals surface area contributed by atoms with Crippen LogP contribution in [0.25, 0.3) is 0 Å². The summed E-state index contributed by atoms with van der Waals surface area (Å²) in [6.07, 6.45) is 5.32. The van der Waals surface area contributed by atoms with Gasteiger partial charge in [-0.2, -0.15) is 0 Å². The van der Waals surface area contributed by atoms with Crippen LogP contribution in [0.15, 0.2) is 12.1 Å². The SMILES string of the molecule is CC.COc1cc(C(C)N)c([N+](=O)[O-])cc1OCCCC(=O)NC1CCCC1. The fourth-order valence-corrected chi connectivity index (χ4v) is 3.14. The Kier molecular flexibility index (Phi) is 10.3. The number of ether oxygens (including phenoxy) is 2. The van der Waals surface area contributed by atoms with Gasteiger partial charge in [0.2, 0.25) is 5.91 Å². The van der Waals surface area contributed by atoms with Crippen LogP contribution in [0.4, 0.5) is 5.69 Å². The van der Waals surface area contributed by atoms with Gasteiger partial charge in [0.15, 0.2) is 11.5 Å². The summed E-state index contributed by atoms with van der Waals surface area (Å²) in [4.78, 5) is 22.7. The Morgan fingerprint density at radius 1 is 1.32 bits per heavy atom. The zero-order valence-electron chi connectivity index (χ0n) is 17.3. The quantitative estimate of drug-likeness (QED) is 0.372. The van der Waals surface area contributed by atoms with Crippen molar-refractivity contribution >= 4 is 11.6 Å². The Labute approximate surface area is 166 Å². The summed E-state index contributed by atoms with van der Waals surface area (Å²) >= 11 is 0. The van der Waals surface area contributed by atoms with E-state index in [1.807, 2.05) is 13.8 Å². The van der Waals surface area contributed by atoms with Crippen molar-refractivity contribution in [1.29, 1.82) is 0 Å². The minimum Gasteiger partial charge on any atom is -0.493 e. The van der Waals surface area contributed by atoms with E-state index >= 15 is 0 Å². The number of benzene rings is 1. The molecular formula is C20H33N3O5. The third kappa shape index (κ3) is 6.99. The molecule has 0 aliphatic heterocycles. The standard InChI is InChI=1S/C18H27N3O5.C2H6/c1-12(19)14-10-16(25-2)17(11-15(14)21(23)24)26-9-5-8-18(22)20-13-6-3-4-7-13;1-2/h10-13H,3-9,19H2,1-2H3,(H,20,22);1-2H3. The van der Waals surface area contributed by atoms with Gasteiger partial charge in [0.1, 0.15) is 0 Å². The summed E-state index contributed by atoms with van der Waals surface area (Å²) in [5, 5.41) is 14.3. The lowest BCUT2D eigenvalue weighted by molar-refractivity contribution is -0.385. The molecule has 0 saturated heterocycles. The fraction of sp³-hybridized carbons (Fsp3) is 0.650. The molecule has 0 radical (unpaired) electrons. The summed E-state index contributed by atoms with van der Waals surface area (Å²) in [5.74, 6) is 0.684. The number of methoxy groups -OCH3 is 1. The van der Waals surface area contributed by atoms with Crippen molar-refractivity contribution in [1.82, 2.24) is 5.32 Å². The number of nitrogens with zero attached hydrogens (tertiary/aromatic N) is 1. The molecule has 1 fully saturated rings. The van der Waals surface area contributed by atoms with Crippen LogP contribution in [0.2, 0.25) is 0 Å². The maximum absolute atomic E-state index is 11.9. The number of nitrogens with two attached hydrogens (primary N) is 1. The van der Waals surface area contributed by atoms with E-state index in [0.717, 1.165) is 12.8 Å². The molecule has 1 atom stereocenters. The normalized spacial score (nSPS) is 14.6. The van der Waals surface area contributed by atoms with Gasteiger partial charge in [0.25, 0.3) is 5.69 Å². The van der Waals surface area contributed by atoms with Gasteiger partial charge >= 0.3 is 0 Å². The van der Waals surface area contributed by atoms with Crippen LogP contribution in [0.1, 0.15) is 70.9 Å². The zero-order valence-corrected chi connectivity index (χ0v) is 17.3. The molecule has 8 nitrogen and oxygen atoms in total. The van der Waals surface area contributed by atoms with E-state index in [1.165, 1.54) is 32.1 Å². The summed E-state index contributed by atoms with van der Waals surface area (Å²) in [7, 11) is 1.47. The van der Waals surface area contributed by atoms with E-state index in [0.29, 0.717) is 30.2 Å². The van der Waals surface area contributed by atoms with Crippen molar-refractivity contribution in [2.75, 3.05) is 13.7 Å². The third-order valence-corrected chi connectivity index (χ3v) is 4.53. The van der Waals surface area contributed by atoms with Crippen LogP contribution in [-0.4, -0.2) is 30.6 Å². The number of hydrogen-bond acceptors (Lipinski definition) is 6. The maximum atomic E-state index is 11.9. The maximum Gasteiger partial charge on any atom is 0.278 e. The molecule has 0 spiro atoms. The Bertz CT molecular complexity index is 643. The molecule has 1 aromatic carbocycles. The number of carbonyl (C=O) groups is 1. The van der Waals surface area contributed by atoms with Crippen molar-refractivity contribution in [2.45, 2.75) is 71.4 Å². The van der Waals surface area contributed by atoms with Crippen LogP contribution in [0, 0.1) is 10.1 Å². The average Bonchev–Trinajstić information content (AvgIpc) is 3.18. The van der Waals surface area contributed by atoms with Gasteiger partial charge in [-0.05, 0) is 32.3 Å². The first-order valence-electron chi connectivity index (χ1n) is 9.96. The number of nitrogens with one attached hydrogen (secondary N) is 1. The van der Waals surface area contributed by atoms with Crippen LogP contribution in [0.3, 0.4) is 0 Å². The number of rotatable bonds is 9. The highest BCUT2D eigenvalue weighted by Gasteiger charge is 2.22. The monoisotopic (exact) mass is 395 g/mol. The topological polar surface area (TPSA) is 117 Å². The second kappa shape index (κ2) is 12.2. The van der Waals surface area contributed by atoms with Gasteiger partial charge in [-0.25, -0.2) is 0 Å². The Morgan fingerprint density at radius 2 is 1.96 bits per heavy atom. The molecule has 0 bridgehead atoms. The lowest BCUT2D eigenvalue weighted by Gasteiger charge is -2.15. The molecule has 1 aromatic rings. The summed E-state index contributed by atoms with van der Waals surface area (Å²) in [6.45, 7) is 5.94. The molecule has 1 amide bonds. The fourth-order valence-electron chi connectivity index (χ4n) is 3.14. The molecule has 1 saturated carbocycles. The molecular weight excluding hydrogens is 362 g/mol. The van der Waals surface area contributed by atoms with Gasteiger partial charge in [-0.1, -0.05) is 26.7 Å². The van der Waals surface area contributed by atoms with Crippen LogP contribution < -0.4 is 20.5 Å². The largest absolute Gasteiger partial charge is 0.493 e. The van der Waals surface area contributed by atoms with Gasteiger partial charge in [0, 0.05) is 18.5 Å². The second-order valence-corrected chi connectivity index (χ2v) is 6.61. The van der Waals surface area contributed by atoms with E-state index < -0.39 is 11.0 Å². The molecule has 1 aliphatic rings. The zero-order chi connectivity index (χ0) is 21.1. The molecule has 1 unspecified atom stereocenters. The van der Waals surface area contributed by atoms with Gasteiger partial charge in [-0.15, -0.1) is 0 Å². The summed E-state index contributed by atoms with van der Waals surface area (Å²) < 4.78 is 10.9. The Balaban J connectivity index is 0.00000190. The molecule has 28 heavy (non-hydrogen) atoms. The number of hydrogen-bond donors (Lipinski definition) is 2. The highest BCUT2D eigenvalue weighted by Crippen LogP contribution is 2.37. The molecule has 2 rings (SSSR count). The summed E-state index contributed by atoms with van der Waals surface area (Å²) in [6, 6.07) is 2.66. The Hall–Kier alpha value is -2.35. The number of nitro benzene ring substituents is 1. The lowest BCUT2D eigenvalue weighted by atomic mass is 10.1. The minimum atomic E-state index is -0.502. The third-order valence-electron chi connectivity index (χ3n) is 4.53. The predicted octanol–water partition coefficient (Wildman–Crippen LogP) is 3.87. The second-order valence-electron chi connectivity index (χ2n) is 6.61. The first kappa shape index (κ1) is 23.7. The van der Waals surface area contributed by atoms with Gasteiger partial charge in [0.05, 0.1) is 30.3 Å². The van der Waals surface area contributed by atoms with E-state index in [-0.39, 0.29) is 24.0 Å². The molecule has 158 valence electrons. The van der Waals surface area contributed by atoms with Crippen molar-refractivity contribution in [3.05, 3.63) is 27.8 Å². The number of nitro groups is 1. The van der Waals surface area contributed by atoms with Crippen molar-refractivity contribution < 1.29 is 19.2 Å². The van der Waals surface area contributed by atoms with Gasteiger partial charge < -0.3 is 20.5 Å². The van der Waals surface area contributed by atoms with Crippen molar-refractivity contribution in [2.24, 2.45) is 5.73 Å². The average molecular weight is 396 g/mol. The van der Waals surface area contributed by atoms with E-state index in [2.05, 4.69) is 5.32 Å².